The lowest BCUT2D eigenvalue weighted by Gasteiger charge is -2.35. The van der Waals surface area contributed by atoms with Crippen molar-refractivity contribution in [2.24, 2.45) is 0 Å². The van der Waals surface area contributed by atoms with E-state index in [4.69, 9.17) is 16.3 Å². The second-order valence-electron chi connectivity index (χ2n) is 9.39. The fourth-order valence-corrected chi connectivity index (χ4v) is 6.50. The summed E-state index contributed by atoms with van der Waals surface area (Å²) in [5, 5.41) is 3.35. The van der Waals surface area contributed by atoms with E-state index in [1.807, 2.05) is 18.2 Å². The van der Waals surface area contributed by atoms with Gasteiger partial charge in [-0.05, 0) is 67.4 Å². The Hall–Kier alpha value is -3.07. The van der Waals surface area contributed by atoms with Crippen LogP contribution in [0.4, 0.5) is 5.69 Å². The van der Waals surface area contributed by atoms with Gasteiger partial charge < -0.3 is 10.1 Å². The second-order valence-corrected chi connectivity index (χ2v) is 11.7. The zero-order valence-corrected chi connectivity index (χ0v) is 22.0. The third-order valence-electron chi connectivity index (χ3n) is 6.83. The molecule has 1 amide bonds. The Morgan fingerprint density at radius 2 is 1.65 bits per heavy atom. The highest BCUT2D eigenvalue weighted by Crippen LogP contribution is 2.38. The molecule has 2 aliphatic rings. The summed E-state index contributed by atoms with van der Waals surface area (Å²) in [6, 6.07) is 21.0. The zero-order chi connectivity index (χ0) is 25.8. The number of benzene rings is 3. The number of carbonyl (C=O) groups is 1. The van der Waals surface area contributed by atoms with E-state index in [1.165, 1.54) is 41.3 Å². The molecule has 9 heteroatoms. The number of hydrogen-bond acceptors (Lipinski definition) is 5. The summed E-state index contributed by atoms with van der Waals surface area (Å²) in [7, 11) is -3.94. The Morgan fingerprint density at radius 3 is 2.41 bits per heavy atom. The summed E-state index contributed by atoms with van der Waals surface area (Å²) in [6.07, 6.45) is 2.70. The number of sulfonamides is 1. The number of halogens is 1. The van der Waals surface area contributed by atoms with E-state index in [0.717, 1.165) is 25.2 Å². The highest BCUT2D eigenvalue weighted by atomic mass is 35.5. The maximum absolute atomic E-state index is 13.5. The van der Waals surface area contributed by atoms with Gasteiger partial charge in [0.15, 0.2) is 6.10 Å². The molecule has 2 aliphatic heterocycles. The fraction of sp³-hybridized carbons (Fsp3) is 0.321. The van der Waals surface area contributed by atoms with Crippen molar-refractivity contribution in [1.82, 2.24) is 10.2 Å². The van der Waals surface area contributed by atoms with Crippen molar-refractivity contribution in [1.29, 1.82) is 0 Å². The molecule has 1 N–H and O–H groups in total. The number of fused-ring (bicyclic) bond motifs is 1. The molecule has 5 rings (SSSR count). The Balaban J connectivity index is 1.34. The van der Waals surface area contributed by atoms with Gasteiger partial charge in [0.05, 0.1) is 17.1 Å². The van der Waals surface area contributed by atoms with Crippen LogP contribution in [0, 0.1) is 0 Å². The van der Waals surface area contributed by atoms with Crippen LogP contribution < -0.4 is 14.4 Å². The predicted octanol–water partition coefficient (Wildman–Crippen LogP) is 4.60. The van der Waals surface area contributed by atoms with Crippen LogP contribution in [0.5, 0.6) is 5.75 Å². The number of amides is 1. The standard InChI is InChI=1S/C28H30ClN3O4S/c29-23-13-14-26-25(17-23)32(37(34,35)24-11-3-1-4-12-24)20-27(36-26)28(33)30-18-21-9-5-6-10-22(21)19-31-15-7-2-8-16-31/h1,3-6,9-14,17,27H,2,7-8,15-16,18-20H2,(H,30,33)/t27-/m0/s1. The summed E-state index contributed by atoms with van der Waals surface area (Å²) in [5.74, 6) is -0.0811. The first-order chi connectivity index (χ1) is 17.9. The van der Waals surface area contributed by atoms with E-state index in [-0.39, 0.29) is 17.3 Å². The van der Waals surface area contributed by atoms with Crippen LogP contribution in [0.3, 0.4) is 0 Å². The normalized spacial score (nSPS) is 18.1. The average molecular weight is 540 g/mol. The molecule has 3 aromatic rings. The molecule has 0 bridgehead atoms. The highest BCUT2D eigenvalue weighted by molar-refractivity contribution is 7.92. The van der Waals surface area contributed by atoms with Gasteiger partial charge in [0, 0.05) is 18.1 Å². The number of rotatable bonds is 7. The summed E-state index contributed by atoms with van der Waals surface area (Å²) in [6.45, 7) is 3.20. The number of nitrogens with zero attached hydrogens (tertiary/aromatic N) is 2. The summed E-state index contributed by atoms with van der Waals surface area (Å²) >= 11 is 6.18. The monoisotopic (exact) mass is 539 g/mol. The molecule has 2 heterocycles. The van der Waals surface area contributed by atoms with Crippen molar-refractivity contribution in [2.45, 2.75) is 43.4 Å². The summed E-state index contributed by atoms with van der Waals surface area (Å²) in [5.41, 5.74) is 2.54. The SMILES string of the molecule is O=C(NCc1ccccc1CN1CCCCC1)[C@@H]1CN(S(=O)(=O)c2ccccc2)c2cc(Cl)ccc2O1. The molecule has 7 nitrogen and oxygen atoms in total. The van der Waals surface area contributed by atoms with Gasteiger partial charge in [-0.3, -0.25) is 14.0 Å². The predicted molar refractivity (Wildman–Crippen MR) is 144 cm³/mol. The molecule has 0 spiro atoms. The summed E-state index contributed by atoms with van der Waals surface area (Å²) in [4.78, 5) is 15.8. The van der Waals surface area contributed by atoms with Crippen LogP contribution in [0.1, 0.15) is 30.4 Å². The number of ether oxygens (including phenoxy) is 1. The van der Waals surface area contributed by atoms with Gasteiger partial charge in [-0.2, -0.15) is 0 Å². The first kappa shape index (κ1) is 25.6. The van der Waals surface area contributed by atoms with E-state index in [0.29, 0.717) is 23.0 Å². The Morgan fingerprint density at radius 1 is 0.946 bits per heavy atom. The number of nitrogens with one attached hydrogen (secondary N) is 1. The molecule has 0 aromatic heterocycles. The van der Waals surface area contributed by atoms with Crippen LogP contribution in [-0.2, 0) is 27.9 Å². The molecule has 194 valence electrons. The molecular formula is C28H30ClN3O4S. The van der Waals surface area contributed by atoms with Gasteiger partial charge in [0.1, 0.15) is 5.75 Å². The van der Waals surface area contributed by atoms with Crippen molar-refractivity contribution < 1.29 is 17.9 Å². The van der Waals surface area contributed by atoms with Crippen LogP contribution in [-0.4, -0.2) is 45.0 Å². The van der Waals surface area contributed by atoms with Gasteiger partial charge in [-0.25, -0.2) is 8.42 Å². The molecule has 37 heavy (non-hydrogen) atoms. The molecule has 0 aliphatic carbocycles. The minimum absolute atomic E-state index is 0.133. The summed E-state index contributed by atoms with van der Waals surface area (Å²) < 4.78 is 34.2. The fourth-order valence-electron chi connectivity index (χ4n) is 4.85. The maximum Gasteiger partial charge on any atom is 0.264 e. The lowest BCUT2D eigenvalue weighted by atomic mass is 10.0. The third kappa shape index (κ3) is 5.76. The van der Waals surface area contributed by atoms with Crippen LogP contribution in [0.15, 0.2) is 77.7 Å². The number of hydrogen-bond donors (Lipinski definition) is 1. The van der Waals surface area contributed by atoms with Gasteiger partial charge >= 0.3 is 0 Å². The van der Waals surface area contributed by atoms with Gasteiger partial charge in [-0.15, -0.1) is 0 Å². The minimum Gasteiger partial charge on any atom is -0.476 e. The highest BCUT2D eigenvalue weighted by Gasteiger charge is 2.37. The van der Waals surface area contributed by atoms with Crippen molar-refractivity contribution in [2.75, 3.05) is 23.9 Å². The van der Waals surface area contributed by atoms with Crippen LogP contribution in [0.25, 0.3) is 0 Å². The first-order valence-electron chi connectivity index (χ1n) is 12.5. The van der Waals surface area contributed by atoms with E-state index < -0.39 is 16.1 Å². The molecule has 1 saturated heterocycles. The topological polar surface area (TPSA) is 79.0 Å². The molecule has 1 fully saturated rings. The molecule has 0 radical (unpaired) electrons. The quantitative estimate of drug-likeness (QED) is 0.475. The third-order valence-corrected chi connectivity index (χ3v) is 8.86. The van der Waals surface area contributed by atoms with E-state index in [2.05, 4.69) is 16.3 Å². The second kappa shape index (κ2) is 11.1. The zero-order valence-electron chi connectivity index (χ0n) is 20.5. The largest absolute Gasteiger partial charge is 0.476 e. The van der Waals surface area contributed by atoms with Crippen molar-refractivity contribution in [3.05, 3.63) is 88.9 Å². The molecule has 1 atom stereocenters. The Kier molecular flexibility index (Phi) is 7.69. The van der Waals surface area contributed by atoms with Gasteiger partial charge in [-0.1, -0.05) is 60.5 Å². The number of piperidine rings is 1. The smallest absolute Gasteiger partial charge is 0.264 e. The minimum atomic E-state index is -3.94. The number of likely N-dealkylation sites (tertiary alicyclic amines) is 1. The van der Waals surface area contributed by atoms with Crippen LogP contribution >= 0.6 is 11.6 Å². The van der Waals surface area contributed by atoms with Crippen LogP contribution in [0.2, 0.25) is 5.02 Å². The Labute approximate surface area is 223 Å². The van der Waals surface area contributed by atoms with Crippen molar-refractivity contribution in [3.8, 4) is 5.75 Å². The molecule has 0 saturated carbocycles. The molecule has 3 aromatic carbocycles. The number of carbonyl (C=O) groups excluding carboxylic acids is 1. The molecular weight excluding hydrogens is 510 g/mol. The molecule has 0 unspecified atom stereocenters. The van der Waals surface area contributed by atoms with Gasteiger partial charge in [0.2, 0.25) is 0 Å². The van der Waals surface area contributed by atoms with Crippen molar-refractivity contribution >= 4 is 33.2 Å². The van der Waals surface area contributed by atoms with Crippen molar-refractivity contribution in [3.63, 3.8) is 0 Å². The van der Waals surface area contributed by atoms with Gasteiger partial charge in [0.25, 0.3) is 15.9 Å². The van der Waals surface area contributed by atoms with E-state index >= 15 is 0 Å². The lowest BCUT2D eigenvalue weighted by Crippen LogP contribution is -2.50. The number of anilines is 1. The lowest BCUT2D eigenvalue weighted by molar-refractivity contribution is -0.127. The van der Waals surface area contributed by atoms with E-state index in [1.54, 1.807) is 36.4 Å². The van der Waals surface area contributed by atoms with E-state index in [9.17, 15) is 13.2 Å². The Bertz CT molecular complexity index is 1360. The average Bonchev–Trinajstić information content (AvgIpc) is 2.93. The maximum atomic E-state index is 13.5. The first-order valence-corrected chi connectivity index (χ1v) is 14.3.